The van der Waals surface area contributed by atoms with E-state index in [-0.39, 0.29) is 5.82 Å². The van der Waals surface area contributed by atoms with Crippen LogP contribution in [0.15, 0.2) is 54.7 Å². The second-order valence-corrected chi connectivity index (χ2v) is 4.85. The molecule has 0 spiro atoms. The summed E-state index contributed by atoms with van der Waals surface area (Å²) in [6, 6.07) is 13.9. The van der Waals surface area contributed by atoms with Crippen molar-refractivity contribution in [1.82, 2.24) is 15.0 Å². The molecule has 1 heterocycles. The van der Waals surface area contributed by atoms with Crippen LogP contribution in [0.4, 0.5) is 10.1 Å². The molecule has 2 aromatic carbocycles. The average molecular weight is 303 g/mol. The Balaban J connectivity index is 1.70. The Morgan fingerprint density at radius 3 is 2.71 bits per heavy atom. The monoisotopic (exact) mass is 302 g/mol. The molecule has 0 radical (unpaired) electrons. The lowest BCUT2D eigenvalue weighted by Gasteiger charge is -2.06. The third-order valence-electron chi connectivity index (χ3n) is 2.92. The highest BCUT2D eigenvalue weighted by Crippen LogP contribution is 2.22. The first kappa shape index (κ1) is 13.6. The fourth-order valence-electron chi connectivity index (χ4n) is 1.88. The number of para-hydroxylation sites is 1. The Kier molecular flexibility index (Phi) is 3.83. The largest absolute Gasteiger partial charge is 0.378 e. The quantitative estimate of drug-likeness (QED) is 0.799. The predicted molar refractivity (Wildman–Crippen MR) is 80.1 cm³/mol. The van der Waals surface area contributed by atoms with Gasteiger partial charge in [-0.15, -0.1) is 0 Å². The van der Waals surface area contributed by atoms with Crippen molar-refractivity contribution < 1.29 is 4.39 Å². The zero-order valence-corrected chi connectivity index (χ0v) is 11.8. The Morgan fingerprint density at radius 1 is 1.14 bits per heavy atom. The van der Waals surface area contributed by atoms with E-state index < -0.39 is 0 Å². The van der Waals surface area contributed by atoms with E-state index in [4.69, 9.17) is 11.6 Å². The average Bonchev–Trinajstić information content (AvgIpc) is 2.96. The summed E-state index contributed by atoms with van der Waals surface area (Å²) in [6.45, 7) is 0.457. The van der Waals surface area contributed by atoms with Crippen LogP contribution in [0.5, 0.6) is 0 Å². The Morgan fingerprint density at radius 2 is 1.95 bits per heavy atom. The zero-order valence-electron chi connectivity index (χ0n) is 11.0. The summed E-state index contributed by atoms with van der Waals surface area (Å²) in [6.07, 6.45) is 1.68. The fourth-order valence-corrected chi connectivity index (χ4v) is 2.11. The molecule has 0 atom stereocenters. The van der Waals surface area contributed by atoms with E-state index in [0.29, 0.717) is 17.3 Å². The fraction of sp³-hybridized carbons (Fsp3) is 0.0667. The summed E-state index contributed by atoms with van der Waals surface area (Å²) in [4.78, 5) is 1.56. The molecule has 0 aliphatic rings. The number of aromatic nitrogens is 3. The summed E-state index contributed by atoms with van der Waals surface area (Å²) in [5.74, 6) is -0.361. The SMILES string of the molecule is Fc1ccc(NCc2cnn(-c3ccccc3)n2)c(Cl)c1. The van der Waals surface area contributed by atoms with Gasteiger partial charge in [0.2, 0.25) is 0 Å². The third-order valence-corrected chi connectivity index (χ3v) is 3.23. The van der Waals surface area contributed by atoms with Crippen LogP contribution in [0, 0.1) is 5.82 Å². The van der Waals surface area contributed by atoms with Crippen LogP contribution in [0.1, 0.15) is 5.69 Å². The van der Waals surface area contributed by atoms with Crippen molar-refractivity contribution in [3.05, 3.63) is 71.3 Å². The van der Waals surface area contributed by atoms with Crippen molar-refractivity contribution in [2.45, 2.75) is 6.54 Å². The molecule has 0 aliphatic heterocycles. The van der Waals surface area contributed by atoms with E-state index in [1.54, 1.807) is 17.1 Å². The predicted octanol–water partition coefficient (Wildman–Crippen LogP) is 3.67. The smallest absolute Gasteiger partial charge is 0.124 e. The molecule has 0 bridgehead atoms. The van der Waals surface area contributed by atoms with Gasteiger partial charge < -0.3 is 5.32 Å². The lowest BCUT2D eigenvalue weighted by atomic mass is 10.3. The van der Waals surface area contributed by atoms with Crippen LogP contribution < -0.4 is 5.32 Å². The molecule has 21 heavy (non-hydrogen) atoms. The Labute approximate surface area is 126 Å². The molecule has 4 nitrogen and oxygen atoms in total. The number of halogens is 2. The number of benzene rings is 2. The highest BCUT2D eigenvalue weighted by atomic mass is 35.5. The van der Waals surface area contributed by atoms with Crippen LogP contribution >= 0.6 is 11.6 Å². The van der Waals surface area contributed by atoms with E-state index in [1.807, 2.05) is 30.3 Å². The molecule has 106 valence electrons. The molecule has 3 aromatic rings. The summed E-state index contributed by atoms with van der Waals surface area (Å²) < 4.78 is 13.0. The standard InChI is InChI=1S/C15H12ClFN4/c16-14-8-11(17)6-7-15(14)18-9-12-10-19-21(20-12)13-4-2-1-3-5-13/h1-8,10,18H,9H2. The van der Waals surface area contributed by atoms with Crippen molar-refractivity contribution in [3.8, 4) is 5.69 Å². The molecule has 0 amide bonds. The topological polar surface area (TPSA) is 42.7 Å². The number of nitrogens with one attached hydrogen (secondary N) is 1. The summed E-state index contributed by atoms with van der Waals surface area (Å²) in [7, 11) is 0. The van der Waals surface area contributed by atoms with E-state index in [0.717, 1.165) is 11.4 Å². The van der Waals surface area contributed by atoms with E-state index in [1.165, 1.54) is 12.1 Å². The highest BCUT2D eigenvalue weighted by molar-refractivity contribution is 6.33. The molecule has 0 aliphatic carbocycles. The molecule has 0 saturated heterocycles. The van der Waals surface area contributed by atoms with Crippen molar-refractivity contribution in [1.29, 1.82) is 0 Å². The molecule has 0 unspecified atom stereocenters. The number of anilines is 1. The van der Waals surface area contributed by atoms with Crippen LogP contribution in [0.2, 0.25) is 5.02 Å². The van der Waals surface area contributed by atoms with Gasteiger partial charge in [0.1, 0.15) is 11.5 Å². The summed E-state index contributed by atoms with van der Waals surface area (Å²) in [5.41, 5.74) is 2.31. The molecule has 0 fully saturated rings. The number of hydrogen-bond acceptors (Lipinski definition) is 3. The van der Waals surface area contributed by atoms with Gasteiger partial charge in [-0.05, 0) is 30.3 Å². The molecule has 0 saturated carbocycles. The second-order valence-electron chi connectivity index (χ2n) is 4.44. The van der Waals surface area contributed by atoms with Crippen molar-refractivity contribution in [2.24, 2.45) is 0 Å². The third kappa shape index (κ3) is 3.20. The van der Waals surface area contributed by atoms with Crippen molar-refractivity contribution in [3.63, 3.8) is 0 Å². The van der Waals surface area contributed by atoms with Crippen LogP contribution in [0.3, 0.4) is 0 Å². The molecule has 1 N–H and O–H groups in total. The maximum absolute atomic E-state index is 13.0. The first-order valence-corrected chi connectivity index (χ1v) is 6.76. The van der Waals surface area contributed by atoms with Gasteiger partial charge in [0.15, 0.2) is 0 Å². The number of nitrogens with zero attached hydrogens (tertiary/aromatic N) is 3. The molecule has 3 rings (SSSR count). The van der Waals surface area contributed by atoms with Crippen LogP contribution in [0.25, 0.3) is 5.69 Å². The normalized spacial score (nSPS) is 10.6. The lowest BCUT2D eigenvalue weighted by Crippen LogP contribution is -2.03. The number of hydrogen-bond donors (Lipinski definition) is 1. The van der Waals surface area contributed by atoms with E-state index >= 15 is 0 Å². The minimum Gasteiger partial charge on any atom is -0.378 e. The van der Waals surface area contributed by atoms with Crippen molar-refractivity contribution >= 4 is 17.3 Å². The van der Waals surface area contributed by atoms with Gasteiger partial charge >= 0.3 is 0 Å². The van der Waals surface area contributed by atoms with E-state index in [2.05, 4.69) is 15.5 Å². The molecule has 6 heteroatoms. The lowest BCUT2D eigenvalue weighted by molar-refractivity contribution is 0.628. The molecular weight excluding hydrogens is 291 g/mol. The van der Waals surface area contributed by atoms with Crippen LogP contribution in [-0.2, 0) is 6.54 Å². The van der Waals surface area contributed by atoms with Gasteiger partial charge in [0.25, 0.3) is 0 Å². The van der Waals surface area contributed by atoms with Gasteiger partial charge in [-0.25, -0.2) is 4.39 Å². The maximum Gasteiger partial charge on any atom is 0.124 e. The van der Waals surface area contributed by atoms with Crippen molar-refractivity contribution in [2.75, 3.05) is 5.32 Å². The molecule has 1 aromatic heterocycles. The van der Waals surface area contributed by atoms with E-state index in [9.17, 15) is 4.39 Å². The minimum absolute atomic E-state index is 0.338. The van der Waals surface area contributed by atoms with Crippen LogP contribution in [-0.4, -0.2) is 15.0 Å². The Hall–Kier alpha value is -2.40. The van der Waals surface area contributed by atoms with Gasteiger partial charge in [0, 0.05) is 0 Å². The first-order chi connectivity index (χ1) is 10.2. The first-order valence-electron chi connectivity index (χ1n) is 6.38. The minimum atomic E-state index is -0.361. The zero-order chi connectivity index (χ0) is 14.7. The Bertz CT molecular complexity index is 742. The van der Waals surface area contributed by atoms with Gasteiger partial charge in [-0.1, -0.05) is 29.8 Å². The summed E-state index contributed by atoms with van der Waals surface area (Å²) in [5, 5.41) is 12.0. The number of rotatable bonds is 4. The molecular formula is C15H12ClFN4. The van der Waals surface area contributed by atoms with Gasteiger partial charge in [0.05, 0.1) is 29.1 Å². The van der Waals surface area contributed by atoms with Gasteiger partial charge in [-0.2, -0.15) is 15.0 Å². The summed E-state index contributed by atoms with van der Waals surface area (Å²) >= 11 is 5.95. The highest BCUT2D eigenvalue weighted by Gasteiger charge is 2.05. The van der Waals surface area contributed by atoms with Gasteiger partial charge in [-0.3, -0.25) is 0 Å². The maximum atomic E-state index is 13.0. The second kappa shape index (κ2) is 5.93.